The number of thiophene rings is 1. The number of benzene rings is 1. The Balaban J connectivity index is 2.07. The number of carbonyl (C=O) groups is 2. The molecule has 0 aliphatic carbocycles. The van der Waals surface area contributed by atoms with Crippen LogP contribution in [0.4, 0.5) is 5.69 Å². The van der Waals surface area contributed by atoms with Crippen LogP contribution in [0, 0.1) is 0 Å². The molecule has 2 amide bonds. The van der Waals surface area contributed by atoms with Crippen LogP contribution in [0.15, 0.2) is 30.3 Å². The molecule has 0 unspecified atom stereocenters. The van der Waals surface area contributed by atoms with E-state index in [1.807, 2.05) is 0 Å². The average Bonchev–Trinajstić information content (AvgIpc) is 2.82. The van der Waals surface area contributed by atoms with Crippen LogP contribution in [0.25, 0.3) is 0 Å². The summed E-state index contributed by atoms with van der Waals surface area (Å²) in [5.41, 5.74) is 0.874. The van der Waals surface area contributed by atoms with Gasteiger partial charge in [-0.2, -0.15) is 0 Å². The van der Waals surface area contributed by atoms with Crippen molar-refractivity contribution in [1.29, 1.82) is 0 Å². The molecule has 0 atom stereocenters. The van der Waals surface area contributed by atoms with Gasteiger partial charge in [-0.25, -0.2) is 4.90 Å². The monoisotopic (exact) mass is 297 g/mol. The number of nitrogens with zero attached hydrogens (tertiary/aromatic N) is 1. The van der Waals surface area contributed by atoms with Gasteiger partial charge in [0.1, 0.15) is 4.88 Å². The Morgan fingerprint density at radius 2 is 1.67 bits per heavy atom. The highest BCUT2D eigenvalue weighted by molar-refractivity contribution is 7.18. The molecule has 0 radical (unpaired) electrons. The molecule has 1 aliphatic rings. The van der Waals surface area contributed by atoms with Crippen molar-refractivity contribution in [2.24, 2.45) is 0 Å². The molecule has 2 heterocycles. The zero-order valence-electron chi connectivity index (χ0n) is 8.81. The van der Waals surface area contributed by atoms with Gasteiger partial charge in [0.05, 0.1) is 15.6 Å². The molecule has 2 aromatic rings. The molecule has 3 nitrogen and oxygen atoms in total. The standard InChI is InChI=1S/C12H5Cl2NO2S/c13-6-1-3-7(4-2-6)15-11(16)8-5-9(14)18-10(8)12(15)17/h1-5H. The van der Waals surface area contributed by atoms with Crippen molar-refractivity contribution in [2.45, 2.75) is 0 Å². The van der Waals surface area contributed by atoms with Crippen molar-refractivity contribution < 1.29 is 9.59 Å². The molecule has 0 spiro atoms. The number of rotatable bonds is 1. The Labute approximate surface area is 117 Å². The maximum absolute atomic E-state index is 12.1. The smallest absolute Gasteiger partial charge is 0.268 e. The van der Waals surface area contributed by atoms with E-state index >= 15 is 0 Å². The molecule has 18 heavy (non-hydrogen) atoms. The molecule has 0 N–H and O–H groups in total. The van der Waals surface area contributed by atoms with E-state index in [0.29, 0.717) is 25.5 Å². The lowest BCUT2D eigenvalue weighted by Crippen LogP contribution is -2.29. The summed E-state index contributed by atoms with van der Waals surface area (Å²) in [5.74, 6) is -0.685. The summed E-state index contributed by atoms with van der Waals surface area (Å²) in [5, 5.41) is 0.552. The zero-order chi connectivity index (χ0) is 12.9. The van der Waals surface area contributed by atoms with Crippen molar-refractivity contribution in [3.63, 3.8) is 0 Å². The third kappa shape index (κ3) is 1.65. The highest BCUT2D eigenvalue weighted by atomic mass is 35.5. The van der Waals surface area contributed by atoms with E-state index in [4.69, 9.17) is 23.2 Å². The first-order valence-electron chi connectivity index (χ1n) is 5.01. The van der Waals surface area contributed by atoms with Crippen LogP contribution >= 0.6 is 34.5 Å². The van der Waals surface area contributed by atoms with E-state index in [1.54, 1.807) is 24.3 Å². The third-order valence-electron chi connectivity index (χ3n) is 2.62. The maximum atomic E-state index is 12.1. The second kappa shape index (κ2) is 4.09. The van der Waals surface area contributed by atoms with Crippen molar-refractivity contribution >= 4 is 52.0 Å². The average molecular weight is 298 g/mol. The summed E-state index contributed by atoms with van der Waals surface area (Å²) in [6, 6.07) is 8.07. The summed E-state index contributed by atoms with van der Waals surface area (Å²) in [6.07, 6.45) is 0. The van der Waals surface area contributed by atoms with Gasteiger partial charge in [0.25, 0.3) is 11.8 Å². The van der Waals surface area contributed by atoms with E-state index in [0.717, 1.165) is 16.2 Å². The van der Waals surface area contributed by atoms with E-state index in [2.05, 4.69) is 0 Å². The minimum Gasteiger partial charge on any atom is -0.268 e. The minimum atomic E-state index is -0.347. The van der Waals surface area contributed by atoms with E-state index in [9.17, 15) is 9.59 Å². The summed E-state index contributed by atoms with van der Waals surface area (Å²) < 4.78 is 0.442. The number of carbonyl (C=O) groups excluding carboxylic acids is 2. The summed E-state index contributed by atoms with van der Waals surface area (Å²) in [6.45, 7) is 0. The minimum absolute atomic E-state index is 0.339. The second-order valence-electron chi connectivity index (χ2n) is 3.72. The van der Waals surface area contributed by atoms with Gasteiger partial charge < -0.3 is 0 Å². The van der Waals surface area contributed by atoms with Gasteiger partial charge in [-0.1, -0.05) is 23.2 Å². The lowest BCUT2D eigenvalue weighted by Gasteiger charge is -2.13. The number of anilines is 1. The number of halogens is 2. The highest BCUT2D eigenvalue weighted by Crippen LogP contribution is 2.36. The summed E-state index contributed by atoms with van der Waals surface area (Å²) in [7, 11) is 0. The van der Waals surface area contributed by atoms with E-state index in [-0.39, 0.29) is 11.8 Å². The Morgan fingerprint density at radius 3 is 2.28 bits per heavy atom. The molecule has 1 aromatic carbocycles. The molecule has 0 fully saturated rings. The van der Waals surface area contributed by atoms with E-state index in [1.165, 1.54) is 6.07 Å². The van der Waals surface area contributed by atoms with E-state index < -0.39 is 0 Å². The molecule has 1 aromatic heterocycles. The van der Waals surface area contributed by atoms with Crippen LogP contribution in [0.3, 0.4) is 0 Å². The van der Waals surface area contributed by atoms with Gasteiger partial charge in [0.2, 0.25) is 0 Å². The number of amides is 2. The Hall–Kier alpha value is -1.36. The van der Waals surface area contributed by atoms with Gasteiger partial charge in [-0.3, -0.25) is 9.59 Å². The van der Waals surface area contributed by atoms with Crippen LogP contribution in [0.1, 0.15) is 20.0 Å². The van der Waals surface area contributed by atoms with Crippen molar-refractivity contribution in [1.82, 2.24) is 0 Å². The molecule has 0 saturated heterocycles. The molecule has 0 saturated carbocycles. The Bertz CT molecular complexity index is 630. The number of hydrogen-bond donors (Lipinski definition) is 0. The molecule has 0 bridgehead atoms. The Morgan fingerprint density at radius 1 is 1.00 bits per heavy atom. The van der Waals surface area contributed by atoms with Crippen molar-refractivity contribution in [3.05, 3.63) is 50.1 Å². The summed E-state index contributed by atoms with van der Waals surface area (Å²) in [4.78, 5) is 25.8. The lowest BCUT2D eigenvalue weighted by molar-refractivity contribution is 0.0927. The maximum Gasteiger partial charge on any atom is 0.276 e. The van der Waals surface area contributed by atoms with Gasteiger partial charge in [0, 0.05) is 5.02 Å². The predicted molar refractivity (Wildman–Crippen MR) is 71.9 cm³/mol. The lowest BCUT2D eigenvalue weighted by atomic mass is 10.3. The van der Waals surface area contributed by atoms with Crippen molar-refractivity contribution in [3.8, 4) is 0 Å². The fraction of sp³-hybridized carbons (Fsp3) is 0. The normalized spacial score (nSPS) is 14.2. The second-order valence-corrected chi connectivity index (χ2v) is 5.84. The van der Waals surface area contributed by atoms with Crippen LogP contribution in [0.2, 0.25) is 9.36 Å². The third-order valence-corrected chi connectivity index (χ3v) is 4.12. The van der Waals surface area contributed by atoms with Gasteiger partial charge in [0.15, 0.2) is 0 Å². The van der Waals surface area contributed by atoms with Gasteiger partial charge >= 0.3 is 0 Å². The highest BCUT2D eigenvalue weighted by Gasteiger charge is 2.38. The van der Waals surface area contributed by atoms with Crippen molar-refractivity contribution in [2.75, 3.05) is 4.90 Å². The first kappa shape index (κ1) is 11.7. The largest absolute Gasteiger partial charge is 0.276 e. The molecule has 3 rings (SSSR count). The SMILES string of the molecule is O=C1c2cc(Cl)sc2C(=O)N1c1ccc(Cl)cc1. The summed E-state index contributed by atoms with van der Waals surface area (Å²) >= 11 is 12.7. The first-order chi connectivity index (χ1) is 8.58. The number of imide groups is 1. The quantitative estimate of drug-likeness (QED) is 0.750. The number of fused-ring (bicyclic) bond motifs is 1. The molecule has 1 aliphatic heterocycles. The Kier molecular flexibility index (Phi) is 2.66. The number of hydrogen-bond acceptors (Lipinski definition) is 3. The molecule has 90 valence electrons. The predicted octanol–water partition coefficient (Wildman–Crippen LogP) is 3.86. The molecular formula is C12H5Cl2NO2S. The topological polar surface area (TPSA) is 37.4 Å². The van der Waals surface area contributed by atoms with Gasteiger partial charge in [-0.15, -0.1) is 11.3 Å². The van der Waals surface area contributed by atoms with Crippen LogP contribution in [-0.4, -0.2) is 11.8 Å². The van der Waals surface area contributed by atoms with Gasteiger partial charge in [-0.05, 0) is 30.3 Å². The fourth-order valence-corrected chi connectivity index (χ4v) is 3.09. The first-order valence-corrected chi connectivity index (χ1v) is 6.59. The molecular weight excluding hydrogens is 293 g/mol. The zero-order valence-corrected chi connectivity index (χ0v) is 11.1. The molecule has 6 heteroatoms. The van der Waals surface area contributed by atoms with Crippen LogP contribution < -0.4 is 4.90 Å². The van der Waals surface area contributed by atoms with Crippen LogP contribution in [-0.2, 0) is 0 Å². The van der Waals surface area contributed by atoms with Crippen LogP contribution in [0.5, 0.6) is 0 Å². The fourth-order valence-electron chi connectivity index (χ4n) is 1.82.